The van der Waals surface area contributed by atoms with E-state index in [1.54, 1.807) is 13.8 Å². The van der Waals surface area contributed by atoms with Gasteiger partial charge < -0.3 is 30.6 Å². The average molecular weight is 397 g/mol. The summed E-state index contributed by atoms with van der Waals surface area (Å²) in [5.41, 5.74) is -0.306. The third-order valence-corrected chi connectivity index (χ3v) is 3.45. The van der Waals surface area contributed by atoms with Gasteiger partial charge in [-0.3, -0.25) is 9.59 Å². The van der Waals surface area contributed by atoms with E-state index in [9.17, 15) is 9.59 Å². The first-order chi connectivity index (χ1) is 12.7. The van der Waals surface area contributed by atoms with Crippen LogP contribution in [0.5, 0.6) is 0 Å². The van der Waals surface area contributed by atoms with Crippen LogP contribution in [0.4, 0.5) is 0 Å². The van der Waals surface area contributed by atoms with Gasteiger partial charge in [-0.25, -0.2) is 0 Å². The second-order valence-electron chi connectivity index (χ2n) is 7.04. The van der Waals surface area contributed by atoms with Gasteiger partial charge in [-0.15, -0.1) is 0 Å². The van der Waals surface area contributed by atoms with Crippen molar-refractivity contribution in [2.45, 2.75) is 78.1 Å². The second kappa shape index (κ2) is 22.8. The molecule has 0 aromatic rings. The van der Waals surface area contributed by atoms with Crippen LogP contribution in [0.2, 0.25) is 0 Å². The summed E-state index contributed by atoms with van der Waals surface area (Å²) in [6, 6.07) is 0. The van der Waals surface area contributed by atoms with Crippen molar-refractivity contribution in [3.8, 4) is 0 Å². The monoisotopic (exact) mass is 396 g/mol. The van der Waals surface area contributed by atoms with E-state index < -0.39 is 11.9 Å². The number of aliphatic hydroxyl groups excluding tert-OH is 4. The van der Waals surface area contributed by atoms with Crippen LogP contribution in [-0.4, -0.2) is 69.0 Å². The first-order valence-electron chi connectivity index (χ1n) is 9.53. The molecular formula is C19H40O8. The summed E-state index contributed by atoms with van der Waals surface area (Å²) in [6.07, 6.45) is 7.26. The number of unbranched alkanes of at least 4 members (excludes halogenated alkanes) is 6. The molecule has 164 valence electrons. The van der Waals surface area contributed by atoms with Crippen LogP contribution >= 0.6 is 0 Å². The maximum absolute atomic E-state index is 10.1. The average Bonchev–Trinajstić information content (AvgIpc) is 2.62. The lowest BCUT2D eigenvalue weighted by molar-refractivity contribution is -0.138. The van der Waals surface area contributed by atoms with Crippen molar-refractivity contribution in [1.29, 1.82) is 0 Å². The molecule has 0 aromatic carbocycles. The summed E-state index contributed by atoms with van der Waals surface area (Å²) in [4.78, 5) is 20.3. The van der Waals surface area contributed by atoms with Crippen molar-refractivity contribution < 1.29 is 40.2 Å². The van der Waals surface area contributed by atoms with Crippen molar-refractivity contribution in [2.24, 2.45) is 5.41 Å². The predicted molar refractivity (Wildman–Crippen MR) is 104 cm³/mol. The van der Waals surface area contributed by atoms with Gasteiger partial charge in [0.05, 0.1) is 13.2 Å². The topological polar surface area (TPSA) is 156 Å². The van der Waals surface area contributed by atoms with E-state index in [1.807, 2.05) is 0 Å². The second-order valence-corrected chi connectivity index (χ2v) is 7.04. The highest BCUT2D eigenvalue weighted by atomic mass is 16.4. The fourth-order valence-electron chi connectivity index (χ4n) is 1.53. The molecule has 6 N–H and O–H groups in total. The highest BCUT2D eigenvalue weighted by molar-refractivity contribution is 5.66. The van der Waals surface area contributed by atoms with Crippen molar-refractivity contribution in [2.75, 3.05) is 26.4 Å². The van der Waals surface area contributed by atoms with Gasteiger partial charge in [0.2, 0.25) is 0 Å². The first-order valence-corrected chi connectivity index (χ1v) is 9.53. The molecule has 0 unspecified atom stereocenters. The molecule has 0 saturated heterocycles. The minimum absolute atomic E-state index is 0.0451. The fraction of sp³-hybridized carbons (Fsp3) is 0.895. The van der Waals surface area contributed by atoms with Crippen LogP contribution in [0.3, 0.4) is 0 Å². The molecule has 0 aliphatic rings. The van der Waals surface area contributed by atoms with Crippen LogP contribution in [-0.2, 0) is 9.59 Å². The molecule has 8 heteroatoms. The van der Waals surface area contributed by atoms with E-state index in [-0.39, 0.29) is 44.7 Å². The number of carboxylic acid groups (broad SMARTS) is 2. The Balaban J connectivity index is -0.000000369. The van der Waals surface area contributed by atoms with Crippen molar-refractivity contribution >= 4 is 11.9 Å². The number of hydrogen-bond acceptors (Lipinski definition) is 6. The van der Waals surface area contributed by atoms with Crippen LogP contribution < -0.4 is 0 Å². The molecule has 0 rings (SSSR count). The molecule has 27 heavy (non-hydrogen) atoms. The summed E-state index contributed by atoms with van der Waals surface area (Å²) >= 11 is 0. The summed E-state index contributed by atoms with van der Waals surface area (Å²) in [5.74, 6) is -1.48. The maximum atomic E-state index is 10.1. The quantitative estimate of drug-likeness (QED) is 0.244. The highest BCUT2D eigenvalue weighted by Crippen LogP contribution is 2.10. The number of aliphatic hydroxyl groups is 4. The van der Waals surface area contributed by atoms with Crippen molar-refractivity contribution in [3.05, 3.63) is 0 Å². The first kappa shape index (κ1) is 30.5. The van der Waals surface area contributed by atoms with Crippen molar-refractivity contribution in [3.63, 3.8) is 0 Å². The van der Waals surface area contributed by atoms with Gasteiger partial charge in [0, 0.05) is 31.5 Å². The molecule has 0 aliphatic carbocycles. The molecule has 0 heterocycles. The summed E-state index contributed by atoms with van der Waals surface area (Å²) in [7, 11) is 0. The van der Waals surface area contributed by atoms with E-state index in [0.717, 1.165) is 51.4 Å². The van der Waals surface area contributed by atoms with Crippen molar-refractivity contribution in [1.82, 2.24) is 0 Å². The van der Waals surface area contributed by atoms with E-state index >= 15 is 0 Å². The molecule has 0 spiro atoms. The summed E-state index contributed by atoms with van der Waals surface area (Å²) < 4.78 is 0. The van der Waals surface area contributed by atoms with Gasteiger partial charge in [-0.05, 0) is 25.7 Å². The number of aliphatic carboxylic acids is 2. The van der Waals surface area contributed by atoms with E-state index in [4.69, 9.17) is 30.6 Å². The molecule has 0 saturated carbocycles. The molecule has 0 aliphatic heterocycles. The zero-order valence-corrected chi connectivity index (χ0v) is 16.9. The minimum Gasteiger partial charge on any atom is -0.481 e. The Bertz CT molecular complexity index is 302. The number of hydrogen-bond donors (Lipinski definition) is 6. The highest BCUT2D eigenvalue weighted by Gasteiger charge is 2.13. The normalized spacial score (nSPS) is 10.3. The Morgan fingerprint density at radius 3 is 1.07 bits per heavy atom. The summed E-state index contributed by atoms with van der Waals surface area (Å²) in [5, 5.41) is 49.7. The Morgan fingerprint density at radius 2 is 0.889 bits per heavy atom. The number of carboxylic acids is 2. The van der Waals surface area contributed by atoms with E-state index in [2.05, 4.69) is 0 Å². The molecular weight excluding hydrogens is 356 g/mol. The van der Waals surface area contributed by atoms with Crippen LogP contribution in [0.1, 0.15) is 78.1 Å². The Kier molecular flexibility index (Phi) is 25.8. The third-order valence-electron chi connectivity index (χ3n) is 3.45. The van der Waals surface area contributed by atoms with Gasteiger partial charge in [-0.2, -0.15) is 0 Å². The van der Waals surface area contributed by atoms with Gasteiger partial charge >= 0.3 is 11.9 Å². The molecule has 0 aromatic heterocycles. The lowest BCUT2D eigenvalue weighted by Crippen LogP contribution is -2.20. The molecule has 0 amide bonds. The van der Waals surface area contributed by atoms with Gasteiger partial charge in [0.1, 0.15) is 0 Å². The van der Waals surface area contributed by atoms with Gasteiger partial charge in [0.15, 0.2) is 0 Å². The molecule has 0 atom stereocenters. The van der Waals surface area contributed by atoms with Gasteiger partial charge in [0.25, 0.3) is 0 Å². The zero-order valence-electron chi connectivity index (χ0n) is 16.9. The third kappa shape index (κ3) is 36.5. The van der Waals surface area contributed by atoms with Crippen LogP contribution in [0.25, 0.3) is 0 Å². The molecule has 8 nitrogen and oxygen atoms in total. The van der Waals surface area contributed by atoms with Crippen LogP contribution in [0.15, 0.2) is 0 Å². The fourth-order valence-corrected chi connectivity index (χ4v) is 1.53. The Labute approximate surface area is 162 Å². The standard InChI is InChI=1S/C10H18O4.C5H12O2.C4H10O2/c11-9(12)7-5-3-1-2-4-6-8-10(13)14;1-5(2,3-6)4-7;5-3-1-2-4-6/h1-8H2,(H,11,12)(H,13,14);6-7H,3-4H2,1-2H3;5-6H,1-4H2. The lowest BCUT2D eigenvalue weighted by atomic mass is 9.97. The van der Waals surface area contributed by atoms with E-state index in [0.29, 0.717) is 0 Å². The predicted octanol–water partition coefficient (Wildman–Crippen LogP) is 2.02. The number of carbonyl (C=O) groups is 2. The Morgan fingerprint density at radius 1 is 0.593 bits per heavy atom. The molecule has 0 fully saturated rings. The Hall–Kier alpha value is -1.22. The largest absolute Gasteiger partial charge is 0.481 e. The minimum atomic E-state index is -0.740. The molecule has 0 radical (unpaired) electrons. The lowest BCUT2D eigenvalue weighted by Gasteiger charge is -2.16. The smallest absolute Gasteiger partial charge is 0.303 e. The van der Waals surface area contributed by atoms with Crippen LogP contribution in [0, 0.1) is 5.41 Å². The number of rotatable bonds is 14. The summed E-state index contributed by atoms with van der Waals surface area (Å²) in [6.45, 7) is 4.08. The maximum Gasteiger partial charge on any atom is 0.303 e. The molecule has 0 bridgehead atoms. The zero-order chi connectivity index (χ0) is 21.6. The van der Waals surface area contributed by atoms with E-state index in [1.165, 1.54) is 0 Å². The SMILES string of the molecule is CC(C)(CO)CO.O=C(O)CCCCCCCCC(=O)O.OCCCCO. The van der Waals surface area contributed by atoms with Gasteiger partial charge in [-0.1, -0.05) is 39.5 Å².